The molecule has 0 amide bonds. The lowest BCUT2D eigenvalue weighted by atomic mass is 10.0. The summed E-state index contributed by atoms with van der Waals surface area (Å²) in [5.74, 6) is -3.11. The molecule has 0 saturated carbocycles. The van der Waals surface area contributed by atoms with Crippen molar-refractivity contribution >= 4 is 11.6 Å². The van der Waals surface area contributed by atoms with Gasteiger partial charge in [-0.1, -0.05) is 17.7 Å². The minimum absolute atomic E-state index is 0.153. The van der Waals surface area contributed by atoms with Gasteiger partial charge in [-0.3, -0.25) is 0 Å². The number of halogens is 3. The summed E-state index contributed by atoms with van der Waals surface area (Å²) in [4.78, 5) is 0. The average molecular weight is 252 g/mol. The van der Waals surface area contributed by atoms with Gasteiger partial charge < -0.3 is 15.6 Å². The largest absolute Gasteiger partial charge is 0.495 e. The Kier molecular flexibility index (Phi) is 4.07. The number of aliphatic hydroxyl groups is 1. The summed E-state index contributed by atoms with van der Waals surface area (Å²) in [5, 5.41) is 8.83. The fourth-order valence-corrected chi connectivity index (χ4v) is 1.41. The van der Waals surface area contributed by atoms with Crippen LogP contribution in [-0.2, 0) is 0 Å². The predicted molar refractivity (Wildman–Crippen MR) is 57.0 cm³/mol. The van der Waals surface area contributed by atoms with Gasteiger partial charge in [0.2, 0.25) is 0 Å². The second-order valence-corrected chi connectivity index (χ2v) is 3.70. The third-order valence-electron chi connectivity index (χ3n) is 2.20. The summed E-state index contributed by atoms with van der Waals surface area (Å²) in [7, 11) is 1.38. The van der Waals surface area contributed by atoms with Crippen LogP contribution >= 0.6 is 11.6 Å². The first-order valence-electron chi connectivity index (χ1n) is 4.50. The Morgan fingerprint density at radius 2 is 2.19 bits per heavy atom. The predicted octanol–water partition coefficient (Wildman–Crippen LogP) is 1.98. The summed E-state index contributed by atoms with van der Waals surface area (Å²) in [6.45, 7) is -1.31. The Morgan fingerprint density at radius 3 is 2.69 bits per heavy atom. The lowest BCUT2D eigenvalue weighted by Gasteiger charge is -2.22. The van der Waals surface area contributed by atoms with Crippen LogP contribution in [0.2, 0.25) is 5.02 Å². The Bertz CT molecular complexity index is 374. The molecule has 0 aliphatic rings. The number of nitrogens with two attached hydrogens (primary N) is 1. The van der Waals surface area contributed by atoms with Gasteiger partial charge in [-0.25, -0.2) is 8.78 Å². The van der Waals surface area contributed by atoms with Gasteiger partial charge in [-0.05, 0) is 17.7 Å². The highest BCUT2D eigenvalue weighted by Gasteiger charge is 2.37. The average Bonchev–Trinajstić information content (AvgIpc) is 2.28. The maximum absolute atomic E-state index is 13.1. The molecule has 16 heavy (non-hydrogen) atoms. The van der Waals surface area contributed by atoms with E-state index in [2.05, 4.69) is 0 Å². The molecule has 6 heteroatoms. The van der Waals surface area contributed by atoms with Gasteiger partial charge in [0, 0.05) is 0 Å². The first-order valence-corrected chi connectivity index (χ1v) is 4.88. The smallest absolute Gasteiger partial charge is 0.289 e. The van der Waals surface area contributed by atoms with E-state index in [9.17, 15) is 8.78 Å². The molecule has 0 saturated heterocycles. The number of benzene rings is 1. The Morgan fingerprint density at radius 1 is 1.56 bits per heavy atom. The van der Waals surface area contributed by atoms with E-state index in [1.807, 2.05) is 0 Å². The van der Waals surface area contributed by atoms with Crippen molar-refractivity contribution in [3.05, 3.63) is 28.8 Å². The van der Waals surface area contributed by atoms with Gasteiger partial charge >= 0.3 is 0 Å². The van der Waals surface area contributed by atoms with Crippen LogP contribution in [0.5, 0.6) is 5.75 Å². The first-order chi connectivity index (χ1) is 7.42. The molecule has 1 rings (SSSR count). The van der Waals surface area contributed by atoms with E-state index in [1.165, 1.54) is 25.3 Å². The summed E-state index contributed by atoms with van der Waals surface area (Å²) in [6.07, 6.45) is 0. The molecule has 1 aromatic carbocycles. The first kappa shape index (κ1) is 13.2. The van der Waals surface area contributed by atoms with Crippen molar-refractivity contribution in [1.29, 1.82) is 0 Å². The third-order valence-corrected chi connectivity index (χ3v) is 2.51. The summed E-state index contributed by atoms with van der Waals surface area (Å²) in [6, 6.07) is 2.53. The number of ether oxygens (including phenoxy) is 1. The number of alkyl halides is 2. The van der Waals surface area contributed by atoms with Gasteiger partial charge in [0.05, 0.1) is 18.2 Å². The standard InChI is InChI=1S/C10H12ClF2NO2/c1-16-8-4-6(2-3-7(8)11)9(14)10(12,13)5-15/h2-4,9,15H,5,14H2,1H3/t9-/m0/s1. The maximum atomic E-state index is 13.1. The van der Waals surface area contributed by atoms with Crippen LogP contribution in [0.4, 0.5) is 8.78 Å². The molecule has 3 N–H and O–H groups in total. The van der Waals surface area contributed by atoms with Crippen molar-refractivity contribution in [3.8, 4) is 5.75 Å². The molecule has 0 aliphatic heterocycles. The molecule has 0 radical (unpaired) electrons. The van der Waals surface area contributed by atoms with Crippen LogP contribution in [0.1, 0.15) is 11.6 Å². The highest BCUT2D eigenvalue weighted by molar-refractivity contribution is 6.32. The second-order valence-electron chi connectivity index (χ2n) is 3.29. The van der Waals surface area contributed by atoms with Crippen molar-refractivity contribution < 1.29 is 18.6 Å². The number of hydrogen-bond donors (Lipinski definition) is 2. The minimum Gasteiger partial charge on any atom is -0.495 e. The number of rotatable bonds is 4. The topological polar surface area (TPSA) is 55.5 Å². The van der Waals surface area contributed by atoms with Gasteiger partial charge in [0.15, 0.2) is 0 Å². The molecular formula is C10H12ClF2NO2. The second kappa shape index (κ2) is 4.95. The molecule has 90 valence electrons. The van der Waals surface area contributed by atoms with Crippen molar-refractivity contribution in [2.45, 2.75) is 12.0 Å². The van der Waals surface area contributed by atoms with Gasteiger partial charge in [0.1, 0.15) is 12.4 Å². The minimum atomic E-state index is -3.38. The van der Waals surface area contributed by atoms with E-state index in [-0.39, 0.29) is 11.3 Å². The van der Waals surface area contributed by atoms with Gasteiger partial charge in [0.25, 0.3) is 5.92 Å². The van der Waals surface area contributed by atoms with E-state index < -0.39 is 18.6 Å². The third kappa shape index (κ3) is 2.61. The molecule has 0 unspecified atom stereocenters. The zero-order valence-corrected chi connectivity index (χ0v) is 9.34. The normalized spacial score (nSPS) is 13.6. The molecule has 0 spiro atoms. The van der Waals surface area contributed by atoms with E-state index in [1.54, 1.807) is 0 Å². The van der Waals surface area contributed by atoms with Crippen LogP contribution < -0.4 is 10.5 Å². The molecule has 1 atom stereocenters. The molecule has 0 fully saturated rings. The van der Waals surface area contributed by atoms with E-state index in [0.29, 0.717) is 5.02 Å². The molecule has 0 heterocycles. The van der Waals surface area contributed by atoms with Crippen LogP contribution in [0.3, 0.4) is 0 Å². The summed E-state index contributed by atoms with van der Waals surface area (Å²) < 4.78 is 31.1. The van der Waals surface area contributed by atoms with Crippen molar-refractivity contribution in [2.75, 3.05) is 13.7 Å². The number of aliphatic hydroxyl groups excluding tert-OH is 1. The Balaban J connectivity index is 3.05. The zero-order valence-electron chi connectivity index (χ0n) is 8.58. The quantitative estimate of drug-likeness (QED) is 0.860. The molecule has 0 bridgehead atoms. The molecular weight excluding hydrogens is 240 g/mol. The van der Waals surface area contributed by atoms with E-state index in [0.717, 1.165) is 0 Å². The van der Waals surface area contributed by atoms with Gasteiger partial charge in [-0.15, -0.1) is 0 Å². The number of hydrogen-bond acceptors (Lipinski definition) is 3. The van der Waals surface area contributed by atoms with E-state index in [4.69, 9.17) is 27.2 Å². The Labute approximate surface area is 96.8 Å². The number of methoxy groups -OCH3 is 1. The van der Waals surface area contributed by atoms with Crippen molar-refractivity contribution in [2.24, 2.45) is 5.73 Å². The molecule has 1 aromatic rings. The molecule has 0 aromatic heterocycles. The van der Waals surface area contributed by atoms with Crippen LogP contribution in [-0.4, -0.2) is 24.7 Å². The van der Waals surface area contributed by atoms with Crippen LogP contribution in [0, 0.1) is 0 Å². The summed E-state index contributed by atoms with van der Waals surface area (Å²) in [5.41, 5.74) is 5.50. The van der Waals surface area contributed by atoms with Gasteiger partial charge in [-0.2, -0.15) is 0 Å². The van der Waals surface area contributed by atoms with Crippen molar-refractivity contribution in [1.82, 2.24) is 0 Å². The zero-order chi connectivity index (χ0) is 12.3. The summed E-state index contributed by atoms with van der Waals surface area (Å²) >= 11 is 5.75. The fourth-order valence-electron chi connectivity index (χ4n) is 1.21. The van der Waals surface area contributed by atoms with Crippen LogP contribution in [0.25, 0.3) is 0 Å². The fraction of sp³-hybridized carbons (Fsp3) is 0.400. The monoisotopic (exact) mass is 251 g/mol. The molecule has 0 aliphatic carbocycles. The van der Waals surface area contributed by atoms with E-state index >= 15 is 0 Å². The lowest BCUT2D eigenvalue weighted by Crippen LogP contribution is -2.36. The maximum Gasteiger partial charge on any atom is 0.289 e. The highest BCUT2D eigenvalue weighted by atomic mass is 35.5. The van der Waals surface area contributed by atoms with Crippen LogP contribution in [0.15, 0.2) is 18.2 Å². The Hall–Kier alpha value is -0.910. The van der Waals surface area contributed by atoms with Crippen molar-refractivity contribution in [3.63, 3.8) is 0 Å². The SMILES string of the molecule is COc1cc([C@H](N)C(F)(F)CO)ccc1Cl. The highest BCUT2D eigenvalue weighted by Crippen LogP contribution is 2.33. The lowest BCUT2D eigenvalue weighted by molar-refractivity contribution is -0.0712. The molecule has 3 nitrogen and oxygen atoms in total.